The molecule has 0 saturated heterocycles. The zero-order valence-corrected chi connectivity index (χ0v) is 12.5. The predicted octanol–water partition coefficient (Wildman–Crippen LogP) is 5.71. The largest absolute Gasteiger partial charge is 0.343 e. The second-order valence-corrected chi connectivity index (χ2v) is 6.46. The van der Waals surface area contributed by atoms with Crippen LogP contribution in [0, 0.1) is 0 Å². The van der Waals surface area contributed by atoms with Crippen molar-refractivity contribution in [1.29, 1.82) is 0 Å². The Bertz CT molecular complexity index is 900. The van der Waals surface area contributed by atoms with Crippen molar-refractivity contribution in [3.8, 4) is 10.6 Å². The van der Waals surface area contributed by atoms with Crippen LogP contribution in [0.1, 0.15) is 0 Å². The van der Waals surface area contributed by atoms with Gasteiger partial charge in [0, 0.05) is 27.7 Å². The molecule has 0 saturated carbocycles. The van der Waals surface area contributed by atoms with Gasteiger partial charge < -0.3 is 4.57 Å². The standard InChI is InChI=1S/C17H12ClNS/c1-19-14-7-6-13(18)8-12(14)9-15(19)17-10-11-4-2-3-5-16(11)20-17/h2-10H,1H3. The van der Waals surface area contributed by atoms with E-state index in [9.17, 15) is 0 Å². The Balaban J connectivity index is 1.99. The molecule has 2 heterocycles. The van der Waals surface area contributed by atoms with Gasteiger partial charge >= 0.3 is 0 Å². The Kier molecular flexibility index (Phi) is 2.62. The van der Waals surface area contributed by atoms with Gasteiger partial charge in [-0.05, 0) is 41.8 Å². The molecule has 0 aliphatic carbocycles. The van der Waals surface area contributed by atoms with Crippen LogP contribution in [-0.4, -0.2) is 4.57 Å². The van der Waals surface area contributed by atoms with Crippen molar-refractivity contribution in [2.24, 2.45) is 7.05 Å². The van der Waals surface area contributed by atoms with Crippen molar-refractivity contribution >= 4 is 43.9 Å². The van der Waals surface area contributed by atoms with E-state index in [0.717, 1.165) is 5.02 Å². The van der Waals surface area contributed by atoms with Crippen LogP contribution in [-0.2, 0) is 7.05 Å². The molecular formula is C17H12ClNS. The molecule has 0 aliphatic rings. The molecule has 3 heteroatoms. The highest BCUT2D eigenvalue weighted by atomic mass is 35.5. The van der Waals surface area contributed by atoms with Crippen molar-refractivity contribution in [2.75, 3.05) is 0 Å². The molecule has 4 rings (SSSR count). The Morgan fingerprint density at radius 2 is 1.80 bits per heavy atom. The number of fused-ring (bicyclic) bond motifs is 2. The van der Waals surface area contributed by atoms with Crippen LogP contribution in [0.5, 0.6) is 0 Å². The number of nitrogens with zero attached hydrogens (tertiary/aromatic N) is 1. The van der Waals surface area contributed by atoms with Crippen LogP contribution in [0.25, 0.3) is 31.6 Å². The summed E-state index contributed by atoms with van der Waals surface area (Å²) >= 11 is 7.91. The summed E-state index contributed by atoms with van der Waals surface area (Å²) in [6.07, 6.45) is 0. The molecule has 1 nitrogen and oxygen atoms in total. The Morgan fingerprint density at radius 1 is 0.950 bits per heavy atom. The van der Waals surface area contributed by atoms with E-state index in [1.54, 1.807) is 0 Å². The Hall–Kier alpha value is -1.77. The van der Waals surface area contributed by atoms with Crippen molar-refractivity contribution in [3.63, 3.8) is 0 Å². The minimum Gasteiger partial charge on any atom is -0.343 e. The van der Waals surface area contributed by atoms with Crippen LogP contribution in [0.15, 0.2) is 54.6 Å². The summed E-state index contributed by atoms with van der Waals surface area (Å²) in [4.78, 5) is 1.29. The molecule has 0 fully saturated rings. The summed E-state index contributed by atoms with van der Waals surface area (Å²) in [5, 5.41) is 3.27. The van der Waals surface area contributed by atoms with Crippen LogP contribution in [0.4, 0.5) is 0 Å². The summed E-state index contributed by atoms with van der Waals surface area (Å²) in [5.41, 5.74) is 2.45. The number of halogens is 1. The maximum atomic E-state index is 6.08. The second-order valence-electron chi connectivity index (χ2n) is 4.94. The normalized spacial score (nSPS) is 11.5. The first kappa shape index (κ1) is 12.0. The average molecular weight is 298 g/mol. The van der Waals surface area contributed by atoms with Crippen LogP contribution in [0.2, 0.25) is 5.02 Å². The first-order chi connectivity index (χ1) is 9.72. The molecule has 0 atom stereocenters. The molecule has 2 aromatic heterocycles. The first-order valence-corrected chi connectivity index (χ1v) is 7.66. The lowest BCUT2D eigenvalue weighted by Gasteiger charge is -2.01. The zero-order valence-electron chi connectivity index (χ0n) is 10.9. The predicted molar refractivity (Wildman–Crippen MR) is 88.7 cm³/mol. The fraction of sp³-hybridized carbons (Fsp3) is 0.0588. The van der Waals surface area contributed by atoms with E-state index < -0.39 is 0 Å². The highest BCUT2D eigenvalue weighted by Gasteiger charge is 2.11. The topological polar surface area (TPSA) is 4.93 Å². The highest BCUT2D eigenvalue weighted by Crippen LogP contribution is 2.36. The van der Waals surface area contributed by atoms with Gasteiger partial charge in [0.05, 0.1) is 10.6 Å². The monoisotopic (exact) mass is 297 g/mol. The summed E-state index contributed by atoms with van der Waals surface area (Å²) in [5.74, 6) is 0. The molecule has 0 unspecified atom stereocenters. The highest BCUT2D eigenvalue weighted by molar-refractivity contribution is 7.22. The molecule has 98 valence electrons. The van der Waals surface area contributed by atoms with Gasteiger partial charge in [-0.15, -0.1) is 11.3 Å². The van der Waals surface area contributed by atoms with Gasteiger partial charge in [0.15, 0.2) is 0 Å². The maximum absolute atomic E-state index is 6.08. The third-order valence-electron chi connectivity index (χ3n) is 3.68. The number of thiophene rings is 1. The molecule has 0 bridgehead atoms. The van der Waals surface area contributed by atoms with Gasteiger partial charge in [-0.2, -0.15) is 0 Å². The molecular weight excluding hydrogens is 286 g/mol. The van der Waals surface area contributed by atoms with Crippen molar-refractivity contribution in [3.05, 3.63) is 59.6 Å². The third-order valence-corrected chi connectivity index (χ3v) is 5.06. The van der Waals surface area contributed by atoms with Gasteiger partial charge in [0.2, 0.25) is 0 Å². The van der Waals surface area contributed by atoms with E-state index >= 15 is 0 Å². The molecule has 0 radical (unpaired) electrons. The minimum atomic E-state index is 0.783. The molecule has 20 heavy (non-hydrogen) atoms. The SMILES string of the molecule is Cn1c(-c2cc3ccccc3s2)cc2cc(Cl)ccc21. The molecule has 4 aromatic rings. The van der Waals surface area contributed by atoms with E-state index in [-0.39, 0.29) is 0 Å². The summed E-state index contributed by atoms with van der Waals surface area (Å²) < 4.78 is 3.56. The van der Waals surface area contributed by atoms with Crippen molar-refractivity contribution in [1.82, 2.24) is 4.57 Å². The second kappa shape index (κ2) is 4.37. The summed E-state index contributed by atoms with van der Waals surface area (Å²) in [6.45, 7) is 0. The zero-order chi connectivity index (χ0) is 13.7. The molecule has 0 amide bonds. The van der Waals surface area contributed by atoms with E-state index in [0.29, 0.717) is 0 Å². The number of rotatable bonds is 1. The van der Waals surface area contributed by atoms with Gasteiger partial charge in [0.1, 0.15) is 0 Å². The lowest BCUT2D eigenvalue weighted by molar-refractivity contribution is 0.981. The number of benzene rings is 2. The lowest BCUT2D eigenvalue weighted by Crippen LogP contribution is -1.88. The maximum Gasteiger partial charge on any atom is 0.0590 e. The summed E-state index contributed by atoms with van der Waals surface area (Å²) in [7, 11) is 2.11. The molecule has 2 aromatic carbocycles. The fourth-order valence-electron chi connectivity index (χ4n) is 2.66. The van der Waals surface area contributed by atoms with Crippen molar-refractivity contribution in [2.45, 2.75) is 0 Å². The number of aryl methyl sites for hydroxylation is 1. The Labute approximate surface area is 126 Å². The number of hydrogen-bond donors (Lipinski definition) is 0. The smallest absolute Gasteiger partial charge is 0.0590 e. The van der Waals surface area contributed by atoms with Gasteiger partial charge in [0.25, 0.3) is 0 Å². The summed E-state index contributed by atoms with van der Waals surface area (Å²) in [6, 6.07) is 19.0. The third kappa shape index (κ3) is 1.76. The molecule has 0 aliphatic heterocycles. The molecule has 0 N–H and O–H groups in total. The van der Waals surface area contributed by atoms with Gasteiger partial charge in [-0.25, -0.2) is 0 Å². The number of aromatic nitrogens is 1. The quantitative estimate of drug-likeness (QED) is 0.424. The van der Waals surface area contributed by atoms with Gasteiger partial charge in [-0.3, -0.25) is 0 Å². The van der Waals surface area contributed by atoms with E-state index in [1.807, 2.05) is 23.5 Å². The average Bonchev–Trinajstić information content (AvgIpc) is 3.00. The van der Waals surface area contributed by atoms with E-state index in [4.69, 9.17) is 11.6 Å². The Morgan fingerprint density at radius 3 is 2.65 bits per heavy atom. The number of hydrogen-bond acceptors (Lipinski definition) is 1. The lowest BCUT2D eigenvalue weighted by atomic mass is 10.2. The van der Waals surface area contributed by atoms with Gasteiger partial charge in [-0.1, -0.05) is 29.8 Å². The van der Waals surface area contributed by atoms with E-state index in [1.165, 1.54) is 31.6 Å². The van der Waals surface area contributed by atoms with Crippen LogP contribution < -0.4 is 0 Å². The molecule has 0 spiro atoms. The van der Waals surface area contributed by atoms with E-state index in [2.05, 4.69) is 54.1 Å². The first-order valence-electron chi connectivity index (χ1n) is 6.46. The fourth-order valence-corrected chi connectivity index (χ4v) is 3.96. The van der Waals surface area contributed by atoms with Crippen molar-refractivity contribution < 1.29 is 0 Å². The van der Waals surface area contributed by atoms with Crippen LogP contribution in [0.3, 0.4) is 0 Å². The minimum absolute atomic E-state index is 0.783. The van der Waals surface area contributed by atoms with Crippen LogP contribution >= 0.6 is 22.9 Å².